The summed E-state index contributed by atoms with van der Waals surface area (Å²) in [6.07, 6.45) is 6.32. The van der Waals surface area contributed by atoms with Gasteiger partial charge in [0, 0.05) is 37.2 Å². The molecule has 5 atom stereocenters. The van der Waals surface area contributed by atoms with Gasteiger partial charge in [-0.25, -0.2) is 19.6 Å². The number of nitrogens with zero attached hydrogens (tertiary/aromatic N) is 4. The zero-order valence-electron chi connectivity index (χ0n) is 35.3. The van der Waals surface area contributed by atoms with Crippen molar-refractivity contribution in [3.63, 3.8) is 0 Å². The standard InChI is InChI=1S/C45H56N8O7/c1-26(2)37(50-44(56)58-5)42(54)52-19-10-12-35(52)40-46-24-34(48-40)30-17-15-28(16-18-30)13-14-29-21-31-11-8-7-9-20-60-32-23-36(41-47-33(22-29)39(31)49-41)53(25-32)43(55)38(27(3)4)51-45(57)59-6/h15-18,21-22,24,26-27,32,35-38H,7-12,19-20,23,25H2,1-6H3,(H,46,48)(H,47,49)(H,50,56)(H,51,57)/t32-,35-,36-,37-,38-/m0/s1. The van der Waals surface area contributed by atoms with Crippen LogP contribution in [0.15, 0.2) is 42.6 Å². The fourth-order valence-corrected chi connectivity index (χ4v) is 8.50. The van der Waals surface area contributed by atoms with Crippen LogP contribution in [0.2, 0.25) is 0 Å². The van der Waals surface area contributed by atoms with Crippen LogP contribution in [-0.2, 0) is 30.2 Å². The molecule has 15 heteroatoms. The summed E-state index contributed by atoms with van der Waals surface area (Å²) < 4.78 is 15.9. The summed E-state index contributed by atoms with van der Waals surface area (Å²) in [4.78, 5) is 72.2. The highest BCUT2D eigenvalue weighted by Gasteiger charge is 2.42. The summed E-state index contributed by atoms with van der Waals surface area (Å²) in [5, 5.41) is 5.43. The molecule has 0 spiro atoms. The molecule has 2 fully saturated rings. The van der Waals surface area contributed by atoms with Gasteiger partial charge in [-0.15, -0.1) is 0 Å². The smallest absolute Gasteiger partial charge is 0.407 e. The third-order valence-electron chi connectivity index (χ3n) is 11.8. The fraction of sp³-hybridized carbons (Fsp3) is 0.511. The minimum absolute atomic E-state index is 0.114. The van der Waals surface area contributed by atoms with Crippen molar-refractivity contribution < 1.29 is 33.4 Å². The number of aromatic amines is 2. The number of likely N-dealkylation sites (tertiary alicyclic amines) is 2. The van der Waals surface area contributed by atoms with Gasteiger partial charge in [-0.05, 0) is 79.3 Å². The molecule has 4 amide bonds. The van der Waals surface area contributed by atoms with Crippen LogP contribution >= 0.6 is 0 Å². The van der Waals surface area contributed by atoms with Crippen molar-refractivity contribution in [1.29, 1.82) is 0 Å². The maximum Gasteiger partial charge on any atom is 0.407 e. The average molecular weight is 821 g/mol. The molecule has 0 saturated carbocycles. The Bertz CT molecular complexity index is 2250. The number of carbonyl (C=O) groups excluding carboxylic acids is 4. The van der Waals surface area contributed by atoms with Crippen LogP contribution in [0.5, 0.6) is 0 Å². The first-order valence-electron chi connectivity index (χ1n) is 21.1. The number of alkyl carbamates (subject to hydrolysis) is 2. The maximum absolute atomic E-state index is 14.0. The number of nitrogens with one attached hydrogen (secondary N) is 4. The molecule has 0 radical (unpaired) electrons. The average Bonchev–Trinajstić information content (AvgIpc) is 4.07. The summed E-state index contributed by atoms with van der Waals surface area (Å²) in [6, 6.07) is 10.1. The number of hydrogen-bond donors (Lipinski definition) is 4. The molecule has 2 aromatic heterocycles. The van der Waals surface area contributed by atoms with Gasteiger partial charge < -0.3 is 44.6 Å². The fourth-order valence-electron chi connectivity index (χ4n) is 8.50. The van der Waals surface area contributed by atoms with Crippen LogP contribution in [0, 0.1) is 23.7 Å². The van der Waals surface area contributed by atoms with Crippen molar-refractivity contribution >= 4 is 35.0 Å². The van der Waals surface area contributed by atoms with Crippen molar-refractivity contribution in [3.8, 4) is 23.1 Å². The molecule has 0 unspecified atom stereocenters. The lowest BCUT2D eigenvalue weighted by molar-refractivity contribution is -0.136. The number of amides is 4. The molecule has 60 heavy (non-hydrogen) atoms. The van der Waals surface area contributed by atoms with Crippen molar-refractivity contribution in [1.82, 2.24) is 40.4 Å². The number of methoxy groups -OCH3 is 2. The predicted molar refractivity (Wildman–Crippen MR) is 224 cm³/mol. The number of aromatic nitrogens is 4. The molecule has 4 N–H and O–H groups in total. The Labute approximate surface area is 350 Å². The van der Waals surface area contributed by atoms with Gasteiger partial charge in [0.25, 0.3) is 0 Å². The Hall–Kier alpha value is -5.88. The molecule has 7 rings (SSSR count). The molecule has 318 valence electrons. The minimum Gasteiger partial charge on any atom is -0.453 e. The van der Waals surface area contributed by atoms with Crippen LogP contribution in [0.3, 0.4) is 0 Å². The second-order valence-corrected chi connectivity index (χ2v) is 16.6. The van der Waals surface area contributed by atoms with Crippen molar-refractivity contribution in [2.24, 2.45) is 11.8 Å². The van der Waals surface area contributed by atoms with E-state index in [1.807, 2.05) is 58.0 Å². The second kappa shape index (κ2) is 18.6. The van der Waals surface area contributed by atoms with E-state index < -0.39 is 24.3 Å². The number of aryl methyl sites for hydroxylation is 1. The lowest BCUT2D eigenvalue weighted by Crippen LogP contribution is -2.51. The zero-order chi connectivity index (χ0) is 42.5. The summed E-state index contributed by atoms with van der Waals surface area (Å²) >= 11 is 0. The van der Waals surface area contributed by atoms with E-state index in [9.17, 15) is 19.2 Å². The number of H-pyrrole nitrogens is 2. The number of ether oxygens (including phenoxy) is 3. The molecule has 15 nitrogen and oxygen atoms in total. The summed E-state index contributed by atoms with van der Waals surface area (Å²) in [5.74, 6) is 7.51. The predicted octanol–water partition coefficient (Wildman–Crippen LogP) is 6.16. The van der Waals surface area contributed by atoms with E-state index in [1.54, 1.807) is 16.0 Å². The van der Waals surface area contributed by atoms with Gasteiger partial charge in [0.15, 0.2) is 0 Å². The monoisotopic (exact) mass is 820 g/mol. The van der Waals surface area contributed by atoms with E-state index >= 15 is 0 Å². The minimum atomic E-state index is -0.757. The molecule has 2 saturated heterocycles. The SMILES string of the molecule is COC(=O)N[C@H](C(=O)N1CCC[C@H]1c1ncc(-c2ccc(C#Cc3cc4c5nc([nH]c5c3)[C@@H]3C[C@@H](CN3C(=O)[C@@H](NC(=O)OC)C(C)C)OCCCCC4)cc2)[nH]1)C(C)C. The van der Waals surface area contributed by atoms with Gasteiger partial charge in [0.05, 0.1) is 55.3 Å². The Morgan fingerprint density at radius 2 is 1.50 bits per heavy atom. The summed E-state index contributed by atoms with van der Waals surface area (Å²) in [5.41, 5.74) is 6.34. The van der Waals surface area contributed by atoms with Crippen LogP contribution in [0.1, 0.15) is 107 Å². The van der Waals surface area contributed by atoms with Gasteiger partial charge in [0.2, 0.25) is 11.8 Å². The van der Waals surface area contributed by atoms with Gasteiger partial charge >= 0.3 is 12.2 Å². The number of benzene rings is 2. The topological polar surface area (TPSA) is 184 Å². The van der Waals surface area contributed by atoms with Gasteiger partial charge in [0.1, 0.15) is 23.7 Å². The number of rotatable bonds is 8. The normalized spacial score (nSPS) is 20.2. The number of fused-ring (bicyclic) bond motifs is 4. The zero-order valence-corrected chi connectivity index (χ0v) is 35.3. The van der Waals surface area contributed by atoms with Crippen LogP contribution in [0.4, 0.5) is 9.59 Å². The first-order valence-corrected chi connectivity index (χ1v) is 21.1. The van der Waals surface area contributed by atoms with Crippen LogP contribution < -0.4 is 10.6 Å². The molecule has 3 aliphatic rings. The van der Waals surface area contributed by atoms with Gasteiger partial charge in [-0.3, -0.25) is 9.59 Å². The van der Waals surface area contributed by atoms with E-state index in [4.69, 9.17) is 19.2 Å². The summed E-state index contributed by atoms with van der Waals surface area (Å²) in [7, 11) is 2.58. The highest BCUT2D eigenvalue weighted by atomic mass is 16.5. The second-order valence-electron chi connectivity index (χ2n) is 16.6. The number of hydrogen-bond acceptors (Lipinski definition) is 9. The Morgan fingerprint density at radius 3 is 2.18 bits per heavy atom. The molecule has 4 bridgehead atoms. The maximum atomic E-state index is 14.0. The lowest BCUT2D eigenvalue weighted by Gasteiger charge is -2.30. The first-order chi connectivity index (χ1) is 28.9. The highest BCUT2D eigenvalue weighted by molar-refractivity contribution is 5.87. The van der Waals surface area contributed by atoms with E-state index in [2.05, 4.69) is 43.5 Å². The molecule has 0 aliphatic carbocycles. The van der Waals surface area contributed by atoms with Crippen molar-refractivity contribution in [3.05, 3.63) is 70.9 Å². The van der Waals surface area contributed by atoms with E-state index in [0.29, 0.717) is 37.8 Å². The number of imidazole rings is 2. The lowest BCUT2D eigenvalue weighted by atomic mass is 10.0. The Kier molecular flexibility index (Phi) is 13.1. The molecular weight excluding hydrogens is 765 g/mol. The van der Waals surface area contributed by atoms with Crippen LogP contribution in [-0.4, -0.2) is 106 Å². The van der Waals surface area contributed by atoms with Crippen molar-refractivity contribution in [2.45, 2.75) is 103 Å². The molecule has 5 heterocycles. The molecular formula is C45H56N8O7. The van der Waals surface area contributed by atoms with E-state index in [-0.39, 0.29) is 41.8 Å². The Morgan fingerprint density at radius 1 is 0.817 bits per heavy atom. The quantitative estimate of drug-likeness (QED) is 0.151. The molecule has 2 aromatic carbocycles. The van der Waals surface area contributed by atoms with Gasteiger partial charge in [-0.2, -0.15) is 0 Å². The molecule has 4 aromatic rings. The largest absolute Gasteiger partial charge is 0.453 e. The summed E-state index contributed by atoms with van der Waals surface area (Å²) in [6.45, 7) is 9.21. The third-order valence-corrected chi connectivity index (χ3v) is 11.8. The van der Waals surface area contributed by atoms with Crippen LogP contribution in [0.25, 0.3) is 22.3 Å². The Balaban J connectivity index is 1.10. The van der Waals surface area contributed by atoms with Crippen molar-refractivity contribution in [2.75, 3.05) is 33.9 Å². The van der Waals surface area contributed by atoms with E-state index in [1.165, 1.54) is 14.2 Å². The first kappa shape index (κ1) is 42.3. The van der Waals surface area contributed by atoms with E-state index in [0.717, 1.165) is 77.5 Å². The molecule has 3 aliphatic heterocycles. The third kappa shape index (κ3) is 9.28. The van der Waals surface area contributed by atoms with Gasteiger partial charge in [-0.1, -0.05) is 58.1 Å². The highest BCUT2D eigenvalue weighted by Crippen LogP contribution is 2.36. The number of carbonyl (C=O) groups is 4.